The Hall–Kier alpha value is -3.69. The summed E-state index contributed by atoms with van der Waals surface area (Å²) in [5.41, 5.74) is 5.68. The van der Waals surface area contributed by atoms with Crippen LogP contribution < -0.4 is 16.1 Å². The van der Waals surface area contributed by atoms with Crippen LogP contribution in [0.1, 0.15) is 66.6 Å². The first-order chi connectivity index (χ1) is 18.1. The van der Waals surface area contributed by atoms with Crippen molar-refractivity contribution >= 4 is 34.3 Å². The van der Waals surface area contributed by atoms with Gasteiger partial charge >= 0.3 is 0 Å². The Morgan fingerprint density at radius 2 is 1.84 bits per heavy atom. The van der Waals surface area contributed by atoms with E-state index in [1.165, 1.54) is 0 Å². The Morgan fingerprint density at radius 1 is 1.03 bits per heavy atom. The number of H-pyrrole nitrogens is 1. The molecule has 37 heavy (non-hydrogen) atoms. The highest BCUT2D eigenvalue weighted by atomic mass is 16.5. The number of hydroxylamine groups is 1. The molecule has 0 saturated heterocycles. The van der Waals surface area contributed by atoms with Crippen LogP contribution in [0.5, 0.6) is 0 Å². The fourth-order valence-electron chi connectivity index (χ4n) is 4.71. The molecule has 1 aliphatic heterocycles. The van der Waals surface area contributed by atoms with E-state index in [-0.39, 0.29) is 18.2 Å². The van der Waals surface area contributed by atoms with E-state index in [1.807, 2.05) is 18.2 Å². The van der Waals surface area contributed by atoms with Gasteiger partial charge in [-0.25, -0.2) is 5.48 Å². The number of ether oxygens (including phenoxy) is 1. The van der Waals surface area contributed by atoms with E-state index in [2.05, 4.69) is 21.7 Å². The van der Waals surface area contributed by atoms with Crippen molar-refractivity contribution in [2.24, 2.45) is 0 Å². The Morgan fingerprint density at radius 3 is 2.70 bits per heavy atom. The molecule has 0 spiro atoms. The minimum Gasteiger partial charge on any atom is -0.368 e. The number of amides is 3. The zero-order valence-corrected chi connectivity index (χ0v) is 20.8. The number of aromatic amines is 1. The molecule has 3 amide bonds. The maximum absolute atomic E-state index is 13.2. The van der Waals surface area contributed by atoms with E-state index >= 15 is 0 Å². The fourth-order valence-corrected chi connectivity index (χ4v) is 4.71. The second kappa shape index (κ2) is 13.0. The summed E-state index contributed by atoms with van der Waals surface area (Å²) in [5.74, 6) is -0.975. The van der Waals surface area contributed by atoms with Crippen LogP contribution in [0.2, 0.25) is 0 Å². The number of carbonyl (C=O) groups excluding carboxylic acids is 3. The van der Waals surface area contributed by atoms with Crippen LogP contribution in [0.25, 0.3) is 10.9 Å². The second-order valence-electron chi connectivity index (χ2n) is 9.30. The molecule has 0 fully saturated rings. The average molecular weight is 507 g/mol. The molecule has 3 aromatic rings. The molecule has 1 atom stereocenters. The van der Waals surface area contributed by atoms with Crippen molar-refractivity contribution in [1.29, 1.82) is 0 Å². The lowest BCUT2D eigenvalue weighted by Crippen LogP contribution is -2.32. The van der Waals surface area contributed by atoms with Gasteiger partial charge in [-0.15, -0.1) is 0 Å². The van der Waals surface area contributed by atoms with Gasteiger partial charge in [-0.2, -0.15) is 0 Å². The highest BCUT2D eigenvalue weighted by Crippen LogP contribution is 2.25. The van der Waals surface area contributed by atoms with Gasteiger partial charge in [0.05, 0.1) is 11.3 Å². The number of fused-ring (bicyclic) bond motifs is 4. The topological polar surface area (TPSA) is 133 Å². The van der Waals surface area contributed by atoms with E-state index in [0.717, 1.165) is 47.8 Å². The molecule has 9 heteroatoms. The largest absolute Gasteiger partial charge is 0.368 e. The second-order valence-corrected chi connectivity index (χ2v) is 9.30. The van der Waals surface area contributed by atoms with E-state index in [4.69, 9.17) is 9.94 Å². The molecular weight excluding hydrogens is 472 g/mol. The quantitative estimate of drug-likeness (QED) is 0.194. The van der Waals surface area contributed by atoms with Gasteiger partial charge in [0.25, 0.3) is 11.8 Å². The summed E-state index contributed by atoms with van der Waals surface area (Å²) < 4.78 is 6.03. The molecule has 0 aliphatic carbocycles. The van der Waals surface area contributed by atoms with Crippen molar-refractivity contribution < 1.29 is 24.3 Å². The number of benzene rings is 2. The van der Waals surface area contributed by atoms with Gasteiger partial charge < -0.3 is 20.4 Å². The van der Waals surface area contributed by atoms with Crippen LogP contribution in [0, 0.1) is 0 Å². The first-order valence-electron chi connectivity index (χ1n) is 12.9. The lowest BCUT2D eigenvalue weighted by molar-refractivity contribution is -0.129. The Labute approximate surface area is 215 Å². The Bertz CT molecular complexity index is 1240. The lowest BCUT2D eigenvalue weighted by atomic mass is 10.1. The predicted molar refractivity (Wildman–Crippen MR) is 140 cm³/mol. The van der Waals surface area contributed by atoms with Gasteiger partial charge in [0.1, 0.15) is 6.10 Å². The Kier molecular flexibility index (Phi) is 9.29. The third kappa shape index (κ3) is 6.96. The maximum atomic E-state index is 13.2. The first kappa shape index (κ1) is 26.4. The monoisotopic (exact) mass is 506 g/mol. The molecule has 2 aromatic carbocycles. The number of carbonyl (C=O) groups is 3. The summed E-state index contributed by atoms with van der Waals surface area (Å²) in [7, 11) is 0. The predicted octanol–water partition coefficient (Wildman–Crippen LogP) is 4.21. The molecule has 0 bridgehead atoms. The molecular formula is C28H34N4O5. The molecule has 2 heterocycles. The molecule has 0 saturated carbocycles. The number of anilines is 1. The summed E-state index contributed by atoms with van der Waals surface area (Å²) >= 11 is 0. The molecule has 5 N–H and O–H groups in total. The third-order valence-electron chi connectivity index (χ3n) is 6.68. The minimum absolute atomic E-state index is 0.229. The van der Waals surface area contributed by atoms with E-state index < -0.39 is 12.0 Å². The summed E-state index contributed by atoms with van der Waals surface area (Å²) in [6, 6.07) is 15.0. The van der Waals surface area contributed by atoms with Crippen LogP contribution in [0.3, 0.4) is 0 Å². The summed E-state index contributed by atoms with van der Waals surface area (Å²) in [6.45, 7) is 0.827. The van der Waals surface area contributed by atoms with E-state index in [1.54, 1.807) is 29.7 Å². The van der Waals surface area contributed by atoms with Crippen LogP contribution in [-0.4, -0.2) is 40.6 Å². The number of aromatic nitrogens is 1. The van der Waals surface area contributed by atoms with Gasteiger partial charge in [0.15, 0.2) is 0 Å². The number of para-hydroxylation sites is 2. The van der Waals surface area contributed by atoms with Crippen molar-refractivity contribution in [2.45, 2.75) is 64.0 Å². The fraction of sp³-hybridized carbons (Fsp3) is 0.393. The first-order valence-corrected chi connectivity index (χ1v) is 12.9. The van der Waals surface area contributed by atoms with Crippen LogP contribution >= 0.6 is 0 Å². The van der Waals surface area contributed by atoms with E-state index in [9.17, 15) is 14.4 Å². The molecule has 1 aliphatic rings. The van der Waals surface area contributed by atoms with Crippen LogP contribution in [0.15, 0.2) is 48.5 Å². The van der Waals surface area contributed by atoms with Crippen molar-refractivity contribution in [3.8, 4) is 0 Å². The third-order valence-corrected chi connectivity index (χ3v) is 6.68. The standard InChI is InChI=1S/C28H34N4O5/c33-26(32-36)16-3-1-2-15-25-28(35)31-23-13-7-5-11-20(23)27(34)29-18-21-19-10-4-6-12-22(19)30-24(21)14-8-9-17-37-25/h4-7,10-13,25,30,36H,1-3,8-9,14-18H2,(H,29,34)(H,31,35)(H,32,33)/t25-/m0/s1. The molecule has 1 aromatic heterocycles. The average Bonchev–Trinajstić information content (AvgIpc) is 3.26. The maximum Gasteiger partial charge on any atom is 0.253 e. The van der Waals surface area contributed by atoms with Crippen LogP contribution in [-0.2, 0) is 27.3 Å². The number of aryl methyl sites for hydroxylation is 1. The van der Waals surface area contributed by atoms with Gasteiger partial charge in [0, 0.05) is 36.2 Å². The van der Waals surface area contributed by atoms with Gasteiger partial charge in [-0.3, -0.25) is 19.6 Å². The zero-order valence-electron chi connectivity index (χ0n) is 20.8. The summed E-state index contributed by atoms with van der Waals surface area (Å²) in [6.07, 6.45) is 4.55. The molecule has 4 rings (SSSR count). The molecule has 196 valence electrons. The van der Waals surface area contributed by atoms with E-state index in [0.29, 0.717) is 43.7 Å². The Balaban J connectivity index is 1.51. The molecule has 0 radical (unpaired) electrons. The highest BCUT2D eigenvalue weighted by molar-refractivity contribution is 6.04. The smallest absolute Gasteiger partial charge is 0.253 e. The molecule has 9 nitrogen and oxygen atoms in total. The number of unbranched alkanes of at least 4 members (excludes halogenated alkanes) is 2. The number of hydrogen-bond donors (Lipinski definition) is 5. The number of hydrogen-bond acceptors (Lipinski definition) is 5. The van der Waals surface area contributed by atoms with Gasteiger partial charge in [0.2, 0.25) is 5.91 Å². The number of nitrogens with one attached hydrogen (secondary N) is 4. The van der Waals surface area contributed by atoms with Crippen molar-refractivity contribution in [3.63, 3.8) is 0 Å². The van der Waals surface area contributed by atoms with Gasteiger partial charge in [-0.05, 0) is 55.9 Å². The van der Waals surface area contributed by atoms with Crippen molar-refractivity contribution in [3.05, 3.63) is 65.4 Å². The van der Waals surface area contributed by atoms with Crippen molar-refractivity contribution in [1.82, 2.24) is 15.8 Å². The summed E-state index contributed by atoms with van der Waals surface area (Å²) in [5, 5.41) is 15.7. The number of rotatable bonds is 6. The SMILES string of the molecule is O=C(CCCCC[C@@H]1OCCCCc2[nH]c3ccccc3c2CNC(=O)c2ccccc2NC1=O)NO. The van der Waals surface area contributed by atoms with Crippen LogP contribution in [0.4, 0.5) is 5.69 Å². The summed E-state index contributed by atoms with van der Waals surface area (Å²) in [4.78, 5) is 41.0. The highest BCUT2D eigenvalue weighted by Gasteiger charge is 2.22. The van der Waals surface area contributed by atoms with Gasteiger partial charge in [-0.1, -0.05) is 43.2 Å². The zero-order chi connectivity index (χ0) is 26.0. The normalized spacial score (nSPS) is 17.1. The van der Waals surface area contributed by atoms with Crippen molar-refractivity contribution in [2.75, 3.05) is 11.9 Å². The lowest BCUT2D eigenvalue weighted by Gasteiger charge is -2.19. The minimum atomic E-state index is -0.670. The molecule has 0 unspecified atom stereocenters.